The van der Waals surface area contributed by atoms with Crippen molar-refractivity contribution in [2.75, 3.05) is 0 Å². The molecule has 0 unspecified atom stereocenters. The number of hydrogen-bond acceptors (Lipinski definition) is 2. The van der Waals surface area contributed by atoms with Crippen LogP contribution in [0.1, 0.15) is 49.3 Å². The molecule has 0 aliphatic heterocycles. The fourth-order valence-corrected chi connectivity index (χ4v) is 5.37. The zero-order valence-electron chi connectivity index (χ0n) is 11.6. The molecule has 104 valence electrons. The molecule has 4 saturated carbocycles. The van der Waals surface area contributed by atoms with Gasteiger partial charge in [0.1, 0.15) is 0 Å². The molecule has 5 rings (SSSR count). The third-order valence-corrected chi connectivity index (χ3v) is 5.87. The molecule has 4 fully saturated rings. The molecule has 1 aromatic rings. The molecule has 0 atom stereocenters. The van der Waals surface area contributed by atoms with Gasteiger partial charge in [0.25, 0.3) is 5.56 Å². The molecule has 0 saturated heterocycles. The molecule has 4 bridgehead atoms. The molecule has 0 spiro atoms. The van der Waals surface area contributed by atoms with E-state index < -0.39 is 0 Å². The van der Waals surface area contributed by atoms with E-state index in [4.69, 9.17) is 5.26 Å². The van der Waals surface area contributed by atoms with E-state index in [-0.39, 0.29) is 12.0 Å². The smallest absolute Gasteiger partial charge is 0.252 e. The second-order valence-corrected chi connectivity index (χ2v) is 7.06. The molecular formula is C17H20N2O. The van der Waals surface area contributed by atoms with Crippen molar-refractivity contribution in [1.82, 2.24) is 4.98 Å². The van der Waals surface area contributed by atoms with Crippen molar-refractivity contribution in [2.24, 2.45) is 23.7 Å². The Bertz CT molecular complexity index is 597. The highest BCUT2D eigenvalue weighted by Gasteiger charge is 2.48. The van der Waals surface area contributed by atoms with Crippen molar-refractivity contribution in [3.63, 3.8) is 0 Å². The van der Waals surface area contributed by atoms with Crippen LogP contribution in [0, 0.1) is 35.0 Å². The molecule has 1 aromatic heterocycles. The van der Waals surface area contributed by atoms with Gasteiger partial charge in [-0.05, 0) is 61.8 Å². The minimum Gasteiger partial charge on any atom is -0.326 e. The summed E-state index contributed by atoms with van der Waals surface area (Å²) in [6, 6.07) is 5.99. The molecule has 1 N–H and O–H groups in total. The van der Waals surface area contributed by atoms with Crippen molar-refractivity contribution in [1.29, 1.82) is 5.26 Å². The average molecular weight is 268 g/mol. The van der Waals surface area contributed by atoms with Gasteiger partial charge in [-0.3, -0.25) is 4.79 Å². The Kier molecular flexibility index (Phi) is 2.73. The maximum atomic E-state index is 12.1. The van der Waals surface area contributed by atoms with E-state index in [1.54, 1.807) is 0 Å². The lowest BCUT2D eigenvalue weighted by atomic mass is 9.51. The summed E-state index contributed by atoms with van der Waals surface area (Å²) in [5.41, 5.74) is 1.67. The number of hydrogen-bond donors (Lipinski definition) is 1. The molecule has 0 aromatic carbocycles. The van der Waals surface area contributed by atoms with Gasteiger partial charge in [-0.25, -0.2) is 0 Å². The van der Waals surface area contributed by atoms with Gasteiger partial charge in [-0.2, -0.15) is 5.26 Å². The number of nitrogens with one attached hydrogen (secondary N) is 1. The van der Waals surface area contributed by atoms with Gasteiger partial charge < -0.3 is 4.98 Å². The number of aromatic nitrogens is 1. The predicted octanol–water partition coefficient (Wildman–Crippen LogP) is 2.98. The van der Waals surface area contributed by atoms with Crippen LogP contribution in [0.3, 0.4) is 0 Å². The molecule has 0 amide bonds. The first kappa shape index (κ1) is 12.2. The lowest BCUT2D eigenvalue weighted by molar-refractivity contribution is -0.00422. The molecule has 3 nitrogen and oxygen atoms in total. The molecule has 4 aliphatic rings. The largest absolute Gasteiger partial charge is 0.326 e. The maximum Gasteiger partial charge on any atom is 0.252 e. The summed E-state index contributed by atoms with van der Waals surface area (Å²) in [6.07, 6.45) is 7.10. The summed E-state index contributed by atoms with van der Waals surface area (Å²) in [7, 11) is 0. The minimum absolute atomic E-state index is 0.0575. The fraction of sp³-hybridized carbons (Fsp3) is 0.647. The van der Waals surface area contributed by atoms with Gasteiger partial charge in [-0.1, -0.05) is 6.07 Å². The highest BCUT2D eigenvalue weighted by atomic mass is 16.1. The summed E-state index contributed by atoms with van der Waals surface area (Å²) in [5, 5.41) is 8.72. The van der Waals surface area contributed by atoms with Crippen LogP contribution in [0.25, 0.3) is 0 Å². The van der Waals surface area contributed by atoms with Crippen molar-refractivity contribution < 1.29 is 0 Å². The number of rotatable bonds is 2. The van der Waals surface area contributed by atoms with Crippen LogP contribution < -0.4 is 5.56 Å². The third kappa shape index (κ3) is 1.82. The van der Waals surface area contributed by atoms with Gasteiger partial charge >= 0.3 is 0 Å². The van der Waals surface area contributed by atoms with Crippen LogP contribution >= 0.6 is 0 Å². The topological polar surface area (TPSA) is 56.6 Å². The summed E-state index contributed by atoms with van der Waals surface area (Å²) >= 11 is 0. The Morgan fingerprint density at radius 1 is 1.10 bits per heavy atom. The molecule has 3 heteroatoms. The van der Waals surface area contributed by atoms with Crippen molar-refractivity contribution in [2.45, 2.75) is 44.4 Å². The van der Waals surface area contributed by atoms with Crippen LogP contribution in [0.5, 0.6) is 0 Å². The number of nitriles is 1. The first-order chi connectivity index (χ1) is 9.74. The van der Waals surface area contributed by atoms with E-state index in [9.17, 15) is 4.79 Å². The Balaban J connectivity index is 1.66. The Morgan fingerprint density at radius 2 is 1.75 bits per heavy atom. The summed E-state index contributed by atoms with van der Waals surface area (Å²) in [6.45, 7) is 0. The van der Waals surface area contributed by atoms with E-state index in [1.165, 1.54) is 32.1 Å². The molecular weight excluding hydrogens is 248 g/mol. The Hall–Kier alpha value is -1.56. The third-order valence-electron chi connectivity index (χ3n) is 5.87. The van der Waals surface area contributed by atoms with Gasteiger partial charge in [-0.15, -0.1) is 0 Å². The number of nitrogens with zero attached hydrogens (tertiary/aromatic N) is 1. The lowest BCUT2D eigenvalue weighted by Crippen LogP contribution is -2.44. The van der Waals surface area contributed by atoms with E-state index >= 15 is 0 Å². The first-order valence-corrected chi connectivity index (χ1v) is 7.83. The van der Waals surface area contributed by atoms with Crippen LogP contribution in [0.15, 0.2) is 16.9 Å². The van der Waals surface area contributed by atoms with E-state index in [1.807, 2.05) is 6.07 Å². The molecule has 4 aliphatic carbocycles. The minimum atomic E-state index is -0.0575. The van der Waals surface area contributed by atoms with E-state index in [0.717, 1.165) is 29.4 Å². The number of H-pyrrole nitrogens is 1. The van der Waals surface area contributed by atoms with E-state index in [2.05, 4.69) is 17.1 Å². The predicted molar refractivity (Wildman–Crippen MR) is 76.2 cm³/mol. The van der Waals surface area contributed by atoms with Crippen LogP contribution in [-0.2, 0) is 6.42 Å². The van der Waals surface area contributed by atoms with Gasteiger partial charge in [0.2, 0.25) is 0 Å². The number of aromatic amines is 1. The Labute approximate surface area is 119 Å². The molecule has 0 radical (unpaired) electrons. The van der Waals surface area contributed by atoms with Gasteiger partial charge in [0.15, 0.2) is 0 Å². The summed E-state index contributed by atoms with van der Waals surface area (Å²) in [5.74, 6) is 4.04. The average Bonchev–Trinajstić information content (AvgIpc) is 2.40. The second-order valence-electron chi connectivity index (χ2n) is 7.06. The van der Waals surface area contributed by atoms with Crippen LogP contribution in [-0.4, -0.2) is 4.98 Å². The van der Waals surface area contributed by atoms with Crippen molar-refractivity contribution in [3.05, 3.63) is 33.7 Å². The second kappa shape index (κ2) is 4.48. The van der Waals surface area contributed by atoms with E-state index in [0.29, 0.717) is 11.5 Å². The zero-order valence-corrected chi connectivity index (χ0v) is 11.6. The lowest BCUT2D eigenvalue weighted by Gasteiger charge is -2.54. The fourth-order valence-electron chi connectivity index (χ4n) is 5.37. The zero-order chi connectivity index (χ0) is 13.7. The highest BCUT2D eigenvalue weighted by Crippen LogP contribution is 2.59. The number of pyridine rings is 1. The first-order valence-electron chi connectivity index (χ1n) is 7.83. The summed E-state index contributed by atoms with van der Waals surface area (Å²) < 4.78 is 0. The summed E-state index contributed by atoms with van der Waals surface area (Å²) in [4.78, 5) is 15.1. The molecule has 1 heterocycles. The standard InChI is InChI=1S/C17H20N2O/c18-4-3-12-1-2-15(19-17(12)20)16-13-6-10-5-11(8-13)9-14(16)7-10/h1-2,10-11,13-14,16H,3,5-9H2,(H,19,20). The highest BCUT2D eigenvalue weighted by molar-refractivity contribution is 5.22. The van der Waals surface area contributed by atoms with Gasteiger partial charge in [0.05, 0.1) is 12.5 Å². The maximum absolute atomic E-state index is 12.1. The normalized spacial score (nSPS) is 37.9. The SMILES string of the molecule is N#CCc1ccc(C2C3CC4CC(C3)CC2C4)[nH]c1=O. The monoisotopic (exact) mass is 268 g/mol. The molecule has 20 heavy (non-hydrogen) atoms. The van der Waals surface area contributed by atoms with Crippen molar-refractivity contribution >= 4 is 0 Å². The van der Waals surface area contributed by atoms with Crippen LogP contribution in [0.2, 0.25) is 0 Å². The van der Waals surface area contributed by atoms with Crippen LogP contribution in [0.4, 0.5) is 0 Å². The Morgan fingerprint density at radius 3 is 2.30 bits per heavy atom. The van der Waals surface area contributed by atoms with Gasteiger partial charge in [0, 0.05) is 17.2 Å². The quantitative estimate of drug-likeness (QED) is 0.896. The van der Waals surface area contributed by atoms with Crippen molar-refractivity contribution in [3.8, 4) is 6.07 Å².